The van der Waals surface area contributed by atoms with E-state index in [-0.39, 0.29) is 0 Å². The number of rotatable bonds is 9. The zero-order valence-electron chi connectivity index (χ0n) is 21.7. The van der Waals surface area contributed by atoms with Gasteiger partial charge < -0.3 is 80.3 Å². The van der Waals surface area contributed by atoms with E-state index in [2.05, 4.69) is 10.6 Å². The molecule has 15 atom stereocenters. The van der Waals surface area contributed by atoms with Gasteiger partial charge >= 0.3 is 0 Å². The van der Waals surface area contributed by atoms with Crippen LogP contribution in [-0.4, -0.2) is 170 Å². The molecule has 232 valence electrons. The quantitative estimate of drug-likeness (QED) is 0.120. The Morgan fingerprint density at radius 2 is 1.05 bits per heavy atom. The van der Waals surface area contributed by atoms with Gasteiger partial charge in [-0.25, -0.2) is 0 Å². The van der Waals surface area contributed by atoms with Crippen LogP contribution in [-0.2, 0) is 33.3 Å². The molecule has 0 saturated carbocycles. The van der Waals surface area contributed by atoms with Crippen LogP contribution in [0.15, 0.2) is 0 Å². The van der Waals surface area contributed by atoms with Gasteiger partial charge in [0, 0.05) is 13.8 Å². The van der Waals surface area contributed by atoms with Crippen LogP contribution in [0.4, 0.5) is 0 Å². The Hall–Kier alpha value is -1.62. The van der Waals surface area contributed by atoms with E-state index in [1.54, 1.807) is 0 Å². The van der Waals surface area contributed by atoms with Crippen molar-refractivity contribution in [1.29, 1.82) is 0 Å². The second-order valence-corrected chi connectivity index (χ2v) is 9.81. The Bertz CT molecular complexity index is 852. The van der Waals surface area contributed by atoms with E-state index >= 15 is 0 Å². The zero-order valence-corrected chi connectivity index (χ0v) is 21.7. The summed E-state index contributed by atoms with van der Waals surface area (Å²) in [5, 5.41) is 96.5. The van der Waals surface area contributed by atoms with Crippen LogP contribution in [0, 0.1) is 0 Å². The topological polar surface area (TPSA) is 286 Å². The molecule has 3 rings (SSSR count). The molecule has 3 aliphatic rings. The molecule has 0 spiro atoms. The maximum absolute atomic E-state index is 12.0. The highest BCUT2D eigenvalue weighted by molar-refractivity contribution is 5.73. The molecule has 40 heavy (non-hydrogen) atoms. The van der Waals surface area contributed by atoms with Crippen molar-refractivity contribution in [3.8, 4) is 0 Å². The summed E-state index contributed by atoms with van der Waals surface area (Å²) in [4.78, 5) is 23.5. The maximum atomic E-state index is 12.0. The summed E-state index contributed by atoms with van der Waals surface area (Å²) in [5.41, 5.74) is 0. The second kappa shape index (κ2) is 14.0. The second-order valence-electron chi connectivity index (χ2n) is 9.81. The normalized spacial score (nSPS) is 46.0. The predicted octanol–water partition coefficient (Wildman–Crippen LogP) is -7.29. The van der Waals surface area contributed by atoms with Gasteiger partial charge in [-0.2, -0.15) is 0 Å². The molecular weight excluding hydrogens is 548 g/mol. The Kier molecular flexibility index (Phi) is 11.5. The molecular formula is C22H38N2O16. The summed E-state index contributed by atoms with van der Waals surface area (Å²) in [7, 11) is 0. The van der Waals surface area contributed by atoms with E-state index in [1.807, 2.05) is 0 Å². The Balaban J connectivity index is 1.85. The van der Waals surface area contributed by atoms with E-state index in [4.69, 9.17) is 23.7 Å². The average Bonchev–Trinajstić information content (AvgIpc) is 2.90. The molecule has 18 nitrogen and oxygen atoms in total. The molecule has 18 heteroatoms. The fourth-order valence-electron chi connectivity index (χ4n) is 4.87. The molecule has 0 bridgehead atoms. The van der Waals surface area contributed by atoms with Gasteiger partial charge in [-0.05, 0) is 0 Å². The van der Waals surface area contributed by atoms with Crippen molar-refractivity contribution in [2.45, 2.75) is 106 Å². The van der Waals surface area contributed by atoms with Crippen LogP contribution in [0.1, 0.15) is 13.8 Å². The first-order valence-corrected chi connectivity index (χ1v) is 12.6. The summed E-state index contributed by atoms with van der Waals surface area (Å²) in [5.74, 6) is -1.30. The van der Waals surface area contributed by atoms with Crippen LogP contribution < -0.4 is 10.6 Å². The van der Waals surface area contributed by atoms with Gasteiger partial charge in [0.05, 0.1) is 19.8 Å². The highest BCUT2D eigenvalue weighted by atomic mass is 16.7. The Morgan fingerprint density at radius 3 is 1.57 bits per heavy atom. The first kappa shape index (κ1) is 32.9. The number of hydrogen-bond donors (Lipinski definition) is 11. The summed E-state index contributed by atoms with van der Waals surface area (Å²) in [6.07, 6.45) is -21.1. The fourth-order valence-corrected chi connectivity index (χ4v) is 4.87. The number of aliphatic hydroxyl groups is 9. The van der Waals surface area contributed by atoms with Crippen molar-refractivity contribution in [3.63, 3.8) is 0 Å². The lowest BCUT2D eigenvalue weighted by molar-refractivity contribution is -0.360. The van der Waals surface area contributed by atoms with E-state index in [0.717, 1.165) is 13.8 Å². The Morgan fingerprint density at radius 1 is 0.600 bits per heavy atom. The van der Waals surface area contributed by atoms with E-state index in [9.17, 15) is 55.5 Å². The monoisotopic (exact) mass is 586 g/mol. The Labute approximate surface area is 228 Å². The SMILES string of the molecule is CC(=O)N[C@H]1[C@H](O[C@H]2[C@H](O)[C@@H](NC(C)=O)C(O)O[C@@H]2CO)O[C@H](CO)[C@@H](O[C@@H]2O[C@H](CO)[C@H](O)[C@H](O)[C@H]2O)[C@@H]1O. The third kappa shape index (κ3) is 7.05. The number of amides is 2. The van der Waals surface area contributed by atoms with Gasteiger partial charge in [-0.3, -0.25) is 9.59 Å². The van der Waals surface area contributed by atoms with E-state index < -0.39 is 124 Å². The largest absolute Gasteiger partial charge is 0.394 e. The lowest BCUT2D eigenvalue weighted by Gasteiger charge is -2.49. The number of carbonyl (C=O) groups excluding carboxylic acids is 2. The first-order chi connectivity index (χ1) is 18.8. The summed E-state index contributed by atoms with van der Waals surface area (Å²) < 4.78 is 27.7. The molecule has 3 heterocycles. The minimum Gasteiger partial charge on any atom is -0.394 e. The molecule has 0 aromatic rings. The molecule has 1 unspecified atom stereocenters. The van der Waals surface area contributed by atoms with Gasteiger partial charge in [0.2, 0.25) is 11.8 Å². The molecule has 0 aromatic carbocycles. The van der Waals surface area contributed by atoms with Crippen molar-refractivity contribution < 1.29 is 79.2 Å². The number of aliphatic hydroxyl groups excluding tert-OH is 9. The molecule has 0 radical (unpaired) electrons. The van der Waals surface area contributed by atoms with Gasteiger partial charge in [0.25, 0.3) is 0 Å². The third-order valence-electron chi connectivity index (χ3n) is 6.90. The summed E-state index contributed by atoms with van der Waals surface area (Å²) in [6.45, 7) is -0.117. The van der Waals surface area contributed by atoms with E-state index in [1.165, 1.54) is 0 Å². The summed E-state index contributed by atoms with van der Waals surface area (Å²) in [6, 6.07) is -2.87. The molecule has 0 aromatic heterocycles. The molecule has 0 aliphatic carbocycles. The van der Waals surface area contributed by atoms with Gasteiger partial charge in [-0.1, -0.05) is 0 Å². The van der Waals surface area contributed by atoms with E-state index in [0.29, 0.717) is 0 Å². The fraction of sp³-hybridized carbons (Fsp3) is 0.909. The van der Waals surface area contributed by atoms with Crippen molar-refractivity contribution >= 4 is 11.8 Å². The van der Waals surface area contributed by atoms with Crippen molar-refractivity contribution in [1.82, 2.24) is 10.6 Å². The van der Waals surface area contributed by atoms with Crippen LogP contribution in [0.25, 0.3) is 0 Å². The van der Waals surface area contributed by atoms with Crippen LogP contribution in [0.2, 0.25) is 0 Å². The zero-order chi connectivity index (χ0) is 29.9. The highest BCUT2D eigenvalue weighted by Gasteiger charge is 2.54. The molecule has 11 N–H and O–H groups in total. The average molecular weight is 587 g/mol. The van der Waals surface area contributed by atoms with Gasteiger partial charge in [0.1, 0.15) is 73.1 Å². The number of hydrogen-bond acceptors (Lipinski definition) is 16. The first-order valence-electron chi connectivity index (χ1n) is 12.6. The third-order valence-corrected chi connectivity index (χ3v) is 6.90. The molecule has 3 fully saturated rings. The van der Waals surface area contributed by atoms with Crippen molar-refractivity contribution in [3.05, 3.63) is 0 Å². The minimum absolute atomic E-state index is 0.623. The highest BCUT2D eigenvalue weighted by Crippen LogP contribution is 2.32. The smallest absolute Gasteiger partial charge is 0.217 e. The van der Waals surface area contributed by atoms with Crippen molar-refractivity contribution in [2.75, 3.05) is 19.8 Å². The number of nitrogens with one attached hydrogen (secondary N) is 2. The predicted molar refractivity (Wildman–Crippen MR) is 124 cm³/mol. The van der Waals surface area contributed by atoms with Crippen LogP contribution in [0.5, 0.6) is 0 Å². The van der Waals surface area contributed by atoms with Crippen LogP contribution >= 0.6 is 0 Å². The van der Waals surface area contributed by atoms with Gasteiger partial charge in [0.15, 0.2) is 18.9 Å². The lowest BCUT2D eigenvalue weighted by atomic mass is 9.94. The van der Waals surface area contributed by atoms with Crippen LogP contribution in [0.3, 0.4) is 0 Å². The number of carbonyl (C=O) groups is 2. The molecule has 3 saturated heterocycles. The number of ether oxygens (including phenoxy) is 5. The van der Waals surface area contributed by atoms with Gasteiger partial charge in [-0.15, -0.1) is 0 Å². The lowest BCUT2D eigenvalue weighted by Crippen LogP contribution is -2.70. The molecule has 3 aliphatic heterocycles. The summed E-state index contributed by atoms with van der Waals surface area (Å²) >= 11 is 0. The maximum Gasteiger partial charge on any atom is 0.217 e. The molecule has 2 amide bonds. The minimum atomic E-state index is -1.85. The van der Waals surface area contributed by atoms with Crippen molar-refractivity contribution in [2.24, 2.45) is 0 Å². The standard InChI is InChI=1S/C22H38N2O16/c1-6(28)23-11-14(31)18(9(4-26)36-20(11)35)39-21-12(24-7(2)29)15(32)19(10(5-27)38-21)40-22-17(34)16(33)13(30)8(3-25)37-22/h8-22,25-27,30-35H,3-5H2,1-2H3,(H,23,28)(H,24,29)/t8-,9-,10-,11-,12-,13+,14-,15-,16+,17-,18-,19-,20?,21+,22+/m1/s1.